The number of amides is 1. The minimum Gasteiger partial charge on any atom is -0.344 e. The van der Waals surface area contributed by atoms with Gasteiger partial charge in [-0.15, -0.1) is 0 Å². The summed E-state index contributed by atoms with van der Waals surface area (Å²) in [5, 5.41) is 4.33. The van der Waals surface area contributed by atoms with Crippen LogP contribution in [0.25, 0.3) is 10.9 Å². The molecule has 1 aromatic heterocycles. The first kappa shape index (κ1) is 17.3. The van der Waals surface area contributed by atoms with Gasteiger partial charge in [-0.25, -0.2) is 0 Å². The summed E-state index contributed by atoms with van der Waals surface area (Å²) in [4.78, 5) is 13.1. The molecule has 1 amide bonds. The number of para-hydroxylation sites is 1. The molecule has 0 bridgehead atoms. The zero-order chi connectivity index (χ0) is 17.8. The number of aromatic nitrogens is 1. The highest BCUT2D eigenvalue weighted by atomic mass is 16.2. The van der Waals surface area contributed by atoms with Crippen LogP contribution < -0.4 is 5.32 Å². The summed E-state index contributed by atoms with van der Waals surface area (Å²) in [6.07, 6.45) is 2.17. The van der Waals surface area contributed by atoms with Gasteiger partial charge in [-0.05, 0) is 37.5 Å². The molecule has 1 heterocycles. The van der Waals surface area contributed by atoms with E-state index in [0.29, 0.717) is 0 Å². The Kier molecular flexibility index (Phi) is 5.22. The first-order valence-electron chi connectivity index (χ1n) is 9.07. The second-order valence-corrected chi connectivity index (χ2v) is 6.60. The van der Waals surface area contributed by atoms with Crippen molar-refractivity contribution in [2.75, 3.05) is 0 Å². The van der Waals surface area contributed by atoms with E-state index in [1.54, 1.807) is 0 Å². The molecular weight excluding hydrogens is 308 g/mol. The summed E-state index contributed by atoms with van der Waals surface area (Å²) < 4.78 is 2.18. The average Bonchev–Trinajstić information content (AvgIpc) is 2.93. The number of carbonyl (C=O) groups is 1. The molecule has 0 aliphatic rings. The smallest absolute Gasteiger partial charge is 0.268 e. The average molecular weight is 334 g/mol. The monoisotopic (exact) mass is 334 g/mol. The highest BCUT2D eigenvalue weighted by molar-refractivity contribution is 6.01. The zero-order valence-corrected chi connectivity index (χ0v) is 15.3. The van der Waals surface area contributed by atoms with Crippen molar-refractivity contribution >= 4 is 16.8 Å². The lowest BCUT2D eigenvalue weighted by Crippen LogP contribution is -2.29. The number of fused-ring (bicyclic) bond motifs is 1. The van der Waals surface area contributed by atoms with Gasteiger partial charge >= 0.3 is 0 Å². The van der Waals surface area contributed by atoms with E-state index in [0.717, 1.165) is 47.1 Å². The SMILES string of the molecule is CCCCn1c(C(=O)NC(C)c2ccccc2)c(C)c2ccccc21. The van der Waals surface area contributed by atoms with E-state index in [1.165, 1.54) is 0 Å². The van der Waals surface area contributed by atoms with Gasteiger partial charge in [0.25, 0.3) is 5.91 Å². The summed E-state index contributed by atoms with van der Waals surface area (Å²) >= 11 is 0. The van der Waals surface area contributed by atoms with Crippen molar-refractivity contribution in [2.24, 2.45) is 0 Å². The first-order chi connectivity index (χ1) is 12.1. The molecule has 1 unspecified atom stereocenters. The number of nitrogens with zero attached hydrogens (tertiary/aromatic N) is 1. The van der Waals surface area contributed by atoms with E-state index in [9.17, 15) is 4.79 Å². The Balaban J connectivity index is 1.96. The standard InChI is InChI=1S/C22H26N2O/c1-4-5-15-24-20-14-10-9-13-19(20)16(2)21(24)22(25)23-17(3)18-11-7-6-8-12-18/h6-14,17H,4-5,15H2,1-3H3,(H,23,25). The van der Waals surface area contributed by atoms with Crippen molar-refractivity contribution in [2.45, 2.75) is 46.2 Å². The molecular formula is C22H26N2O. The second-order valence-electron chi connectivity index (χ2n) is 6.60. The van der Waals surface area contributed by atoms with Gasteiger partial charge in [0.15, 0.2) is 0 Å². The minimum atomic E-state index is -0.0225. The highest BCUT2D eigenvalue weighted by Gasteiger charge is 2.21. The van der Waals surface area contributed by atoms with Gasteiger partial charge in [-0.3, -0.25) is 4.79 Å². The number of benzene rings is 2. The van der Waals surface area contributed by atoms with Gasteiger partial charge in [0.05, 0.1) is 6.04 Å². The van der Waals surface area contributed by atoms with E-state index in [-0.39, 0.29) is 11.9 Å². The summed E-state index contributed by atoms with van der Waals surface area (Å²) in [7, 11) is 0. The number of aryl methyl sites for hydroxylation is 2. The molecule has 0 saturated carbocycles. The van der Waals surface area contributed by atoms with Gasteiger partial charge in [0, 0.05) is 17.4 Å². The highest BCUT2D eigenvalue weighted by Crippen LogP contribution is 2.26. The molecule has 1 atom stereocenters. The molecule has 0 fully saturated rings. The van der Waals surface area contributed by atoms with Crippen molar-refractivity contribution in [1.82, 2.24) is 9.88 Å². The Morgan fingerprint density at radius 3 is 2.48 bits per heavy atom. The normalized spacial score (nSPS) is 12.3. The molecule has 25 heavy (non-hydrogen) atoms. The summed E-state index contributed by atoms with van der Waals surface area (Å²) in [5.41, 5.74) is 4.11. The predicted octanol–water partition coefficient (Wildman–Crippen LogP) is 5.24. The number of unbranched alkanes of at least 4 members (excludes halogenated alkanes) is 1. The molecule has 0 radical (unpaired) electrons. The zero-order valence-electron chi connectivity index (χ0n) is 15.3. The fourth-order valence-corrected chi connectivity index (χ4v) is 3.41. The lowest BCUT2D eigenvalue weighted by molar-refractivity contribution is 0.0930. The van der Waals surface area contributed by atoms with Crippen LogP contribution in [0.15, 0.2) is 54.6 Å². The molecule has 0 aliphatic carbocycles. The molecule has 130 valence electrons. The molecule has 1 N–H and O–H groups in total. The Morgan fingerprint density at radius 1 is 1.08 bits per heavy atom. The van der Waals surface area contributed by atoms with Gasteiger partial charge < -0.3 is 9.88 Å². The van der Waals surface area contributed by atoms with E-state index in [4.69, 9.17) is 0 Å². The van der Waals surface area contributed by atoms with Crippen LogP contribution in [0, 0.1) is 6.92 Å². The van der Waals surface area contributed by atoms with Crippen LogP contribution >= 0.6 is 0 Å². The summed E-state index contributed by atoms with van der Waals surface area (Å²) in [5.74, 6) is 0.00107. The van der Waals surface area contributed by atoms with Crippen LogP contribution in [0.5, 0.6) is 0 Å². The number of hydrogen-bond acceptors (Lipinski definition) is 1. The lowest BCUT2D eigenvalue weighted by atomic mass is 10.1. The third kappa shape index (κ3) is 3.46. The Labute approximate surface area is 149 Å². The molecule has 0 spiro atoms. The summed E-state index contributed by atoms with van der Waals surface area (Å²) in [6, 6.07) is 18.3. The van der Waals surface area contributed by atoms with Gasteiger partial charge in [-0.2, -0.15) is 0 Å². The van der Waals surface area contributed by atoms with Crippen molar-refractivity contribution in [3.63, 3.8) is 0 Å². The van der Waals surface area contributed by atoms with Crippen molar-refractivity contribution in [3.8, 4) is 0 Å². The van der Waals surface area contributed by atoms with Crippen LogP contribution in [-0.4, -0.2) is 10.5 Å². The summed E-state index contributed by atoms with van der Waals surface area (Å²) in [6.45, 7) is 7.12. The molecule has 3 aromatic rings. The van der Waals surface area contributed by atoms with E-state index < -0.39 is 0 Å². The van der Waals surface area contributed by atoms with Gasteiger partial charge in [-0.1, -0.05) is 61.9 Å². The van der Waals surface area contributed by atoms with Gasteiger partial charge in [0.1, 0.15) is 5.69 Å². The topological polar surface area (TPSA) is 34.0 Å². The largest absolute Gasteiger partial charge is 0.344 e. The molecule has 0 aliphatic heterocycles. The number of nitrogens with one attached hydrogen (secondary N) is 1. The van der Waals surface area contributed by atoms with Crippen LogP contribution in [0.1, 0.15) is 54.3 Å². The maximum atomic E-state index is 13.1. The number of hydrogen-bond donors (Lipinski definition) is 1. The first-order valence-corrected chi connectivity index (χ1v) is 9.07. The molecule has 3 heteroatoms. The molecule has 2 aromatic carbocycles. The van der Waals surface area contributed by atoms with Crippen molar-refractivity contribution in [1.29, 1.82) is 0 Å². The van der Waals surface area contributed by atoms with E-state index in [2.05, 4.69) is 28.9 Å². The lowest BCUT2D eigenvalue weighted by Gasteiger charge is -2.16. The Bertz CT molecular complexity index is 864. The molecule has 3 nitrogen and oxygen atoms in total. The minimum absolute atomic E-state index is 0.00107. The van der Waals surface area contributed by atoms with Crippen LogP contribution in [0.4, 0.5) is 0 Å². The van der Waals surface area contributed by atoms with Crippen LogP contribution in [0.2, 0.25) is 0 Å². The fraction of sp³-hybridized carbons (Fsp3) is 0.318. The number of rotatable bonds is 6. The predicted molar refractivity (Wildman–Crippen MR) is 104 cm³/mol. The van der Waals surface area contributed by atoms with Crippen LogP contribution in [-0.2, 0) is 6.54 Å². The Morgan fingerprint density at radius 2 is 1.76 bits per heavy atom. The van der Waals surface area contributed by atoms with Crippen molar-refractivity contribution < 1.29 is 4.79 Å². The molecule has 3 rings (SSSR count). The van der Waals surface area contributed by atoms with E-state index in [1.807, 2.05) is 56.3 Å². The quantitative estimate of drug-likeness (QED) is 0.657. The third-order valence-corrected chi connectivity index (χ3v) is 4.82. The van der Waals surface area contributed by atoms with Gasteiger partial charge in [0.2, 0.25) is 0 Å². The maximum absolute atomic E-state index is 13.1. The third-order valence-electron chi connectivity index (χ3n) is 4.82. The maximum Gasteiger partial charge on any atom is 0.268 e. The fourth-order valence-electron chi connectivity index (χ4n) is 3.41. The van der Waals surface area contributed by atoms with E-state index >= 15 is 0 Å². The second kappa shape index (κ2) is 7.56. The Hall–Kier alpha value is -2.55. The molecule has 0 saturated heterocycles. The van der Waals surface area contributed by atoms with Crippen molar-refractivity contribution in [3.05, 3.63) is 71.4 Å². The van der Waals surface area contributed by atoms with Crippen LogP contribution in [0.3, 0.4) is 0 Å². The number of carbonyl (C=O) groups excluding carboxylic acids is 1.